The fraction of sp³-hybridized carbons (Fsp3) is 0.600. The Labute approximate surface area is 124 Å². The van der Waals surface area contributed by atoms with Crippen molar-refractivity contribution in [2.45, 2.75) is 44.8 Å². The Hall–Kier alpha value is -1.66. The monoisotopic (exact) mass is 294 g/mol. The van der Waals surface area contributed by atoms with Crippen LogP contribution in [0.4, 0.5) is 11.4 Å². The molecule has 6 heteroatoms. The summed E-state index contributed by atoms with van der Waals surface area (Å²) in [5, 5.41) is 29.9. The Kier molecular flexibility index (Phi) is 5.14. The van der Waals surface area contributed by atoms with Crippen LogP contribution in [0, 0.1) is 10.1 Å². The van der Waals surface area contributed by atoms with E-state index in [0.717, 1.165) is 25.8 Å². The molecule has 0 aliphatic carbocycles. The molecule has 1 unspecified atom stereocenters. The molecular formula is C15H22N2O4. The van der Waals surface area contributed by atoms with Gasteiger partial charge in [-0.25, -0.2) is 0 Å². The van der Waals surface area contributed by atoms with E-state index in [4.69, 9.17) is 5.11 Å². The van der Waals surface area contributed by atoms with Crippen LogP contribution in [0.3, 0.4) is 0 Å². The molecular weight excluding hydrogens is 272 g/mol. The topological polar surface area (TPSA) is 86.8 Å². The number of aliphatic hydroxyl groups is 2. The van der Waals surface area contributed by atoms with Crippen molar-refractivity contribution in [3.05, 3.63) is 33.9 Å². The quantitative estimate of drug-likeness (QED) is 0.621. The molecule has 0 bridgehead atoms. The molecule has 116 valence electrons. The maximum Gasteiger partial charge on any atom is 0.292 e. The summed E-state index contributed by atoms with van der Waals surface area (Å²) in [6.07, 6.45) is 2.83. The van der Waals surface area contributed by atoms with E-state index >= 15 is 0 Å². The molecule has 1 fully saturated rings. The van der Waals surface area contributed by atoms with Gasteiger partial charge in [-0.1, -0.05) is 6.07 Å². The number of hydrogen-bond acceptors (Lipinski definition) is 5. The summed E-state index contributed by atoms with van der Waals surface area (Å²) in [5.41, 5.74) is 1.21. The van der Waals surface area contributed by atoms with Crippen molar-refractivity contribution in [3.63, 3.8) is 0 Å². The zero-order chi connectivity index (χ0) is 15.4. The molecule has 6 nitrogen and oxygen atoms in total. The molecule has 2 rings (SSSR count). The fourth-order valence-corrected chi connectivity index (χ4v) is 2.97. The summed E-state index contributed by atoms with van der Waals surface area (Å²) in [7, 11) is 0. The highest BCUT2D eigenvalue weighted by molar-refractivity contribution is 5.65. The van der Waals surface area contributed by atoms with Crippen molar-refractivity contribution in [2.24, 2.45) is 0 Å². The first-order valence-corrected chi connectivity index (χ1v) is 7.38. The van der Waals surface area contributed by atoms with Crippen LogP contribution < -0.4 is 4.90 Å². The molecule has 2 N–H and O–H groups in total. The van der Waals surface area contributed by atoms with Gasteiger partial charge >= 0.3 is 0 Å². The highest BCUT2D eigenvalue weighted by Crippen LogP contribution is 2.36. The van der Waals surface area contributed by atoms with E-state index in [9.17, 15) is 15.2 Å². The van der Waals surface area contributed by atoms with Crippen LogP contribution >= 0.6 is 0 Å². The molecule has 21 heavy (non-hydrogen) atoms. The minimum Gasteiger partial charge on any atom is -0.396 e. The SMILES string of the molecule is C[C@@H](O)c1ccc(N2CCCC2CCCO)c([N+](=O)[O-])c1. The number of rotatable bonds is 6. The van der Waals surface area contributed by atoms with Gasteiger partial charge in [0.1, 0.15) is 5.69 Å². The van der Waals surface area contributed by atoms with E-state index < -0.39 is 6.10 Å². The molecule has 1 saturated heterocycles. The molecule has 0 amide bonds. The zero-order valence-corrected chi connectivity index (χ0v) is 12.2. The summed E-state index contributed by atoms with van der Waals surface area (Å²) >= 11 is 0. The predicted molar refractivity (Wildman–Crippen MR) is 80.4 cm³/mol. The van der Waals surface area contributed by atoms with Crippen LogP contribution in [-0.2, 0) is 0 Å². The summed E-state index contributed by atoms with van der Waals surface area (Å²) < 4.78 is 0. The van der Waals surface area contributed by atoms with Crippen LogP contribution in [-0.4, -0.2) is 34.3 Å². The summed E-state index contributed by atoms with van der Waals surface area (Å²) in [6.45, 7) is 2.54. The smallest absolute Gasteiger partial charge is 0.292 e. The Morgan fingerprint density at radius 2 is 2.29 bits per heavy atom. The van der Waals surface area contributed by atoms with Crippen LogP contribution in [0.5, 0.6) is 0 Å². The van der Waals surface area contributed by atoms with Gasteiger partial charge in [0.2, 0.25) is 0 Å². The van der Waals surface area contributed by atoms with E-state index in [1.165, 1.54) is 6.07 Å². The Bertz CT molecular complexity index is 504. The van der Waals surface area contributed by atoms with Crippen molar-refractivity contribution < 1.29 is 15.1 Å². The molecule has 0 spiro atoms. The third kappa shape index (κ3) is 3.51. The summed E-state index contributed by atoms with van der Waals surface area (Å²) in [6, 6.07) is 5.18. The van der Waals surface area contributed by atoms with Gasteiger partial charge in [-0.15, -0.1) is 0 Å². The van der Waals surface area contributed by atoms with Gasteiger partial charge < -0.3 is 15.1 Å². The normalized spacial score (nSPS) is 19.8. The molecule has 1 aliphatic heterocycles. The van der Waals surface area contributed by atoms with Gasteiger partial charge in [0.25, 0.3) is 5.69 Å². The van der Waals surface area contributed by atoms with Crippen LogP contribution in [0.2, 0.25) is 0 Å². The minimum absolute atomic E-state index is 0.0456. The van der Waals surface area contributed by atoms with E-state index in [-0.39, 0.29) is 23.3 Å². The van der Waals surface area contributed by atoms with Crippen molar-refractivity contribution in [3.8, 4) is 0 Å². The van der Waals surface area contributed by atoms with E-state index in [1.807, 2.05) is 0 Å². The average molecular weight is 294 g/mol. The molecule has 0 aromatic heterocycles. The largest absolute Gasteiger partial charge is 0.396 e. The van der Waals surface area contributed by atoms with Gasteiger partial charge in [-0.3, -0.25) is 10.1 Å². The van der Waals surface area contributed by atoms with Crippen molar-refractivity contribution in [1.82, 2.24) is 0 Å². The molecule has 1 heterocycles. The molecule has 0 radical (unpaired) electrons. The van der Waals surface area contributed by atoms with Crippen molar-refractivity contribution in [1.29, 1.82) is 0 Å². The number of nitro groups is 1. The lowest BCUT2D eigenvalue weighted by molar-refractivity contribution is -0.384. The van der Waals surface area contributed by atoms with E-state index in [0.29, 0.717) is 17.7 Å². The van der Waals surface area contributed by atoms with Gasteiger partial charge in [-0.05, 0) is 44.2 Å². The summed E-state index contributed by atoms with van der Waals surface area (Å²) in [4.78, 5) is 13.0. The van der Waals surface area contributed by atoms with Crippen molar-refractivity contribution >= 4 is 11.4 Å². The minimum atomic E-state index is -0.721. The number of hydrogen-bond donors (Lipinski definition) is 2. The average Bonchev–Trinajstić information content (AvgIpc) is 2.92. The van der Waals surface area contributed by atoms with Crippen molar-refractivity contribution in [2.75, 3.05) is 18.1 Å². The van der Waals surface area contributed by atoms with Gasteiger partial charge in [0, 0.05) is 25.3 Å². The van der Waals surface area contributed by atoms with Gasteiger partial charge in [0.05, 0.1) is 11.0 Å². The number of nitrogens with zero attached hydrogens (tertiary/aromatic N) is 2. The standard InChI is InChI=1S/C15H22N2O4/c1-11(19)12-6-7-14(15(10-12)17(20)21)16-8-2-4-13(16)5-3-9-18/h6-7,10-11,13,18-19H,2-5,8-9H2,1H3/t11-,13?/m1/s1. The lowest BCUT2D eigenvalue weighted by Crippen LogP contribution is -2.30. The Morgan fingerprint density at radius 3 is 2.90 bits per heavy atom. The van der Waals surface area contributed by atoms with Crippen LogP contribution in [0.25, 0.3) is 0 Å². The first-order chi connectivity index (χ1) is 10.0. The van der Waals surface area contributed by atoms with Gasteiger partial charge in [0.15, 0.2) is 0 Å². The Morgan fingerprint density at radius 1 is 1.52 bits per heavy atom. The maximum absolute atomic E-state index is 11.3. The maximum atomic E-state index is 11.3. The van der Waals surface area contributed by atoms with Crippen LogP contribution in [0.1, 0.15) is 44.3 Å². The fourth-order valence-electron chi connectivity index (χ4n) is 2.97. The van der Waals surface area contributed by atoms with E-state index in [1.54, 1.807) is 19.1 Å². The molecule has 1 aromatic rings. The summed E-state index contributed by atoms with van der Waals surface area (Å²) in [5.74, 6) is 0. The van der Waals surface area contributed by atoms with E-state index in [2.05, 4.69) is 4.90 Å². The molecule has 2 atom stereocenters. The first kappa shape index (κ1) is 15.7. The highest BCUT2D eigenvalue weighted by atomic mass is 16.6. The van der Waals surface area contributed by atoms with Gasteiger partial charge in [-0.2, -0.15) is 0 Å². The zero-order valence-electron chi connectivity index (χ0n) is 12.2. The highest BCUT2D eigenvalue weighted by Gasteiger charge is 2.29. The second-order valence-corrected chi connectivity index (χ2v) is 5.54. The molecule has 1 aromatic carbocycles. The molecule has 1 aliphatic rings. The Balaban J connectivity index is 2.31. The van der Waals surface area contributed by atoms with Crippen LogP contribution in [0.15, 0.2) is 18.2 Å². The third-order valence-electron chi connectivity index (χ3n) is 4.06. The number of aliphatic hydroxyl groups excluding tert-OH is 2. The second kappa shape index (κ2) is 6.87. The number of nitro benzene ring substituents is 1. The third-order valence-corrected chi connectivity index (χ3v) is 4.06. The predicted octanol–water partition coefficient (Wildman–Crippen LogP) is 2.39. The first-order valence-electron chi connectivity index (χ1n) is 7.38. The number of benzene rings is 1. The molecule has 0 saturated carbocycles. The second-order valence-electron chi connectivity index (χ2n) is 5.54. The lowest BCUT2D eigenvalue weighted by atomic mass is 10.1. The number of anilines is 1. The lowest BCUT2D eigenvalue weighted by Gasteiger charge is -2.26.